The zero-order valence-electron chi connectivity index (χ0n) is 15.9. The Hall–Kier alpha value is 0.447. The van der Waals surface area contributed by atoms with E-state index in [0.29, 0.717) is 5.92 Å². The summed E-state index contributed by atoms with van der Waals surface area (Å²) in [6.07, 6.45) is 8.75. The second-order valence-electron chi connectivity index (χ2n) is 7.89. The Balaban J connectivity index is 0. The van der Waals surface area contributed by atoms with Gasteiger partial charge in [-0.2, -0.15) is 0 Å². The molecule has 0 aliphatic heterocycles. The van der Waals surface area contributed by atoms with Crippen LogP contribution in [0.1, 0.15) is 17.0 Å². The second-order valence-corrected chi connectivity index (χ2v) is 17.2. The summed E-state index contributed by atoms with van der Waals surface area (Å²) in [4.78, 5) is 3.77. The van der Waals surface area contributed by atoms with Gasteiger partial charge in [0, 0.05) is 11.5 Å². The van der Waals surface area contributed by atoms with Crippen LogP contribution in [0.2, 0.25) is 39.3 Å². The van der Waals surface area contributed by atoms with Crippen molar-refractivity contribution in [1.82, 2.24) is 4.98 Å². The van der Waals surface area contributed by atoms with Crippen molar-refractivity contribution in [3.8, 4) is 0 Å². The van der Waals surface area contributed by atoms with E-state index in [4.69, 9.17) is 4.66 Å². The van der Waals surface area contributed by atoms with Gasteiger partial charge in [-0.15, -0.1) is 0 Å². The summed E-state index contributed by atoms with van der Waals surface area (Å²) in [7, 11) is -3.01. The smallest absolute Gasteiger partial charge is 1.00 e. The fraction of sp³-hybridized carbons (Fsp3) is 0.389. The third kappa shape index (κ3) is 9.27. The molecule has 2 nitrogen and oxygen atoms in total. The van der Waals surface area contributed by atoms with Gasteiger partial charge >= 0.3 is 26.2 Å². The Morgan fingerprint density at radius 3 is 1.92 bits per heavy atom. The van der Waals surface area contributed by atoms with Crippen LogP contribution < -0.4 is 38.9 Å². The molecular formula is C18H28Br2N2Si2Zr. The van der Waals surface area contributed by atoms with Crippen LogP contribution in [0, 0.1) is 0 Å². The predicted molar refractivity (Wildman–Crippen MR) is 104 cm³/mol. The van der Waals surface area contributed by atoms with Crippen molar-refractivity contribution in [2.24, 2.45) is 4.66 Å². The van der Waals surface area contributed by atoms with Gasteiger partial charge in [-0.1, -0.05) is 68.2 Å². The fourth-order valence-electron chi connectivity index (χ4n) is 2.49. The molecule has 1 aliphatic rings. The number of benzene rings is 1. The van der Waals surface area contributed by atoms with E-state index in [0.717, 1.165) is 5.84 Å². The van der Waals surface area contributed by atoms with Crippen molar-refractivity contribution >= 4 is 22.3 Å². The average molecular weight is 580 g/mol. The Morgan fingerprint density at radius 1 is 0.920 bits per heavy atom. The second kappa shape index (κ2) is 11.3. The summed E-state index contributed by atoms with van der Waals surface area (Å²) in [5.41, 5.74) is 2.60. The minimum atomic E-state index is -1.55. The molecule has 136 valence electrons. The summed E-state index contributed by atoms with van der Waals surface area (Å²) in [5, 5.41) is 0. The largest absolute Gasteiger partial charge is 2.00 e. The molecule has 0 atom stereocenters. The Kier molecular flexibility index (Phi) is 12.5. The number of hydrogen-bond acceptors (Lipinski definition) is 1. The minimum absolute atomic E-state index is 0. The monoisotopic (exact) mass is 576 g/mol. The average Bonchev–Trinajstić information content (AvgIpc) is 2.88. The van der Waals surface area contributed by atoms with E-state index in [9.17, 15) is 0 Å². The van der Waals surface area contributed by atoms with Crippen LogP contribution in [0.5, 0.6) is 0 Å². The quantitative estimate of drug-likeness (QED) is 0.274. The van der Waals surface area contributed by atoms with Gasteiger partial charge in [0.05, 0.1) is 0 Å². The molecule has 7 heteroatoms. The molecule has 0 saturated heterocycles. The summed E-state index contributed by atoms with van der Waals surface area (Å²) in [6.45, 7) is 13.8. The van der Waals surface area contributed by atoms with E-state index in [-0.39, 0.29) is 60.2 Å². The molecule has 0 saturated carbocycles. The Morgan fingerprint density at radius 2 is 1.44 bits per heavy atom. The molecule has 1 aromatic carbocycles. The van der Waals surface area contributed by atoms with Crippen LogP contribution in [0.15, 0.2) is 53.2 Å². The number of nitrogens with zero attached hydrogens (tertiary/aromatic N) is 1. The van der Waals surface area contributed by atoms with Crippen LogP contribution in [0.25, 0.3) is 0 Å². The van der Waals surface area contributed by atoms with Crippen LogP contribution in [0.3, 0.4) is 0 Å². The Labute approximate surface area is 195 Å². The zero-order valence-corrected chi connectivity index (χ0v) is 23.5. The van der Waals surface area contributed by atoms with Gasteiger partial charge in [-0.3, -0.25) is 0 Å². The molecule has 0 unspecified atom stereocenters. The molecule has 1 aromatic rings. The molecule has 0 amide bonds. The van der Waals surface area contributed by atoms with Crippen molar-refractivity contribution in [1.29, 1.82) is 0 Å². The fourth-order valence-corrected chi connectivity index (χ4v) is 4.35. The number of halogens is 2. The van der Waals surface area contributed by atoms with E-state index in [2.05, 4.69) is 92.8 Å². The molecule has 25 heavy (non-hydrogen) atoms. The number of nitrogens with one attached hydrogen (secondary N) is 1. The minimum Gasteiger partial charge on any atom is -1.00 e. The topological polar surface area (TPSA) is 24.4 Å². The number of allylic oxidation sites excluding steroid dienone is 4. The summed E-state index contributed by atoms with van der Waals surface area (Å²) < 4.78 is 5.13. The maximum Gasteiger partial charge on any atom is 2.00 e. The zero-order chi connectivity index (χ0) is 16.4. The van der Waals surface area contributed by atoms with Crippen LogP contribution in [0.4, 0.5) is 0 Å². The maximum atomic E-state index is 5.13. The van der Waals surface area contributed by atoms with Gasteiger partial charge in [0.1, 0.15) is 14.1 Å². The van der Waals surface area contributed by atoms with Crippen LogP contribution in [-0.2, 0) is 26.2 Å². The third-order valence-electron chi connectivity index (χ3n) is 3.26. The van der Waals surface area contributed by atoms with E-state index in [1.165, 1.54) is 11.1 Å². The number of amidine groups is 1. The molecule has 1 N–H and O–H groups in total. The van der Waals surface area contributed by atoms with Crippen molar-refractivity contribution < 1.29 is 60.2 Å². The maximum absolute atomic E-state index is 5.13. The van der Waals surface area contributed by atoms with Crippen molar-refractivity contribution in [3.63, 3.8) is 0 Å². The van der Waals surface area contributed by atoms with E-state index in [1.807, 2.05) is 0 Å². The van der Waals surface area contributed by atoms with Crippen LogP contribution >= 0.6 is 0 Å². The van der Waals surface area contributed by atoms with Gasteiger partial charge in [0.2, 0.25) is 0 Å². The van der Waals surface area contributed by atoms with Crippen molar-refractivity contribution in [2.45, 2.75) is 45.2 Å². The Bertz CT molecular complexity index is 621. The molecular weight excluding hydrogens is 551 g/mol. The normalized spacial score (nSPS) is 14.4. The van der Waals surface area contributed by atoms with Gasteiger partial charge in [-0.05, 0) is 25.2 Å². The van der Waals surface area contributed by atoms with E-state index < -0.39 is 16.5 Å². The molecule has 2 rings (SSSR count). The van der Waals surface area contributed by atoms with Crippen molar-refractivity contribution in [2.75, 3.05) is 0 Å². The first-order chi connectivity index (χ1) is 10.2. The van der Waals surface area contributed by atoms with Gasteiger partial charge in [0.15, 0.2) is 8.24 Å². The molecule has 0 heterocycles. The summed E-state index contributed by atoms with van der Waals surface area (Å²) in [6, 6.07) is 8.68. The molecule has 1 aliphatic carbocycles. The van der Waals surface area contributed by atoms with Gasteiger partial charge < -0.3 is 43.6 Å². The molecule has 0 fully saturated rings. The molecule has 0 radical (unpaired) electrons. The predicted octanol–water partition coefficient (Wildman–Crippen LogP) is -1.09. The molecule has 0 bridgehead atoms. The van der Waals surface area contributed by atoms with Gasteiger partial charge in [-0.25, -0.2) is 0 Å². The first-order valence-corrected chi connectivity index (χ1v) is 14.9. The van der Waals surface area contributed by atoms with E-state index in [1.54, 1.807) is 0 Å². The summed E-state index contributed by atoms with van der Waals surface area (Å²) in [5.74, 6) is 1.47. The third-order valence-corrected chi connectivity index (χ3v) is 5.14. The number of hydrogen-bond donors (Lipinski definition) is 1. The van der Waals surface area contributed by atoms with Gasteiger partial charge in [0.25, 0.3) is 0 Å². The van der Waals surface area contributed by atoms with E-state index >= 15 is 0 Å². The summed E-state index contributed by atoms with van der Waals surface area (Å²) >= 11 is 0. The molecule has 0 aromatic heterocycles. The standard InChI is InChI=1S/C18H28N2Si2.2BrH.Zr/c1-21(2,3)19-18(20-22(4,5)6)17-14-10-9-13-16(17)15-11-7-8-12-15;;;/h7-15H,1-6H3,(H,19,20);2*1H;/q;;;+2/p-2. The van der Waals surface area contributed by atoms with Crippen LogP contribution in [-0.4, -0.2) is 22.3 Å². The number of rotatable bonds is 4. The first kappa shape index (κ1) is 27.7. The van der Waals surface area contributed by atoms with Crippen molar-refractivity contribution in [3.05, 3.63) is 59.7 Å². The molecule has 0 spiro atoms. The first-order valence-electron chi connectivity index (χ1n) is 7.98. The SMILES string of the molecule is C[Si](C)(C)N=C(N[Si](C)(C)C)c1ccccc1C1C=CC=C1.[Br-].[Br-].[Zr+2].